The van der Waals surface area contributed by atoms with Crippen LogP contribution in [-0.4, -0.2) is 36.2 Å². The normalized spacial score (nSPS) is 15.4. The van der Waals surface area contributed by atoms with Crippen LogP contribution >= 0.6 is 12.2 Å². The molecule has 3 rings (SSSR count). The fourth-order valence-electron chi connectivity index (χ4n) is 3.38. The van der Waals surface area contributed by atoms with Gasteiger partial charge in [-0.3, -0.25) is 4.98 Å². The zero-order valence-electron chi connectivity index (χ0n) is 14.1. The number of aromatic nitrogens is 5. The largest absolute Gasteiger partial charge is 0.333 e. The van der Waals surface area contributed by atoms with E-state index < -0.39 is 0 Å². The van der Waals surface area contributed by atoms with Crippen LogP contribution in [0.15, 0.2) is 24.5 Å². The molecular weight excluding hydrogens is 320 g/mol. The van der Waals surface area contributed by atoms with Crippen molar-refractivity contribution in [1.29, 1.82) is 0 Å². The summed E-state index contributed by atoms with van der Waals surface area (Å²) in [6.45, 7) is 0. The average molecular weight is 344 g/mol. The lowest BCUT2D eigenvalue weighted by molar-refractivity contribution is 0.439. The minimum Gasteiger partial charge on any atom is -0.333 e. The van der Waals surface area contributed by atoms with Crippen LogP contribution in [0.25, 0.3) is 0 Å². The molecule has 0 unspecified atom stereocenters. The van der Waals surface area contributed by atoms with E-state index in [-0.39, 0.29) is 0 Å². The van der Waals surface area contributed by atoms with Crippen molar-refractivity contribution < 1.29 is 0 Å². The Kier molecular flexibility index (Phi) is 5.85. The summed E-state index contributed by atoms with van der Waals surface area (Å²) in [4.78, 5) is 7.53. The number of anilines is 1. The number of rotatable bonds is 6. The van der Waals surface area contributed by atoms with E-state index in [4.69, 9.17) is 12.2 Å². The van der Waals surface area contributed by atoms with Gasteiger partial charge in [-0.15, -0.1) is 5.10 Å². The van der Waals surface area contributed by atoms with Crippen LogP contribution in [0, 0.1) is 0 Å². The lowest BCUT2D eigenvalue weighted by atomic mass is 9.93. The number of hydrogen-bond donors (Lipinski definition) is 0. The molecule has 1 fully saturated rings. The SMILES string of the molecule is Cn1nnnc1CCCC(=S)N(c1ccncc1)C1CCCCC1. The summed E-state index contributed by atoms with van der Waals surface area (Å²) in [6, 6.07) is 4.64. The van der Waals surface area contributed by atoms with E-state index in [9.17, 15) is 0 Å². The van der Waals surface area contributed by atoms with Crippen molar-refractivity contribution in [2.24, 2.45) is 7.05 Å². The third-order valence-corrected chi connectivity index (χ3v) is 5.05. The van der Waals surface area contributed by atoms with Crippen LogP contribution in [0.3, 0.4) is 0 Å². The van der Waals surface area contributed by atoms with Gasteiger partial charge < -0.3 is 4.90 Å². The number of pyridine rings is 1. The molecule has 0 spiro atoms. The minimum absolute atomic E-state index is 0.519. The molecule has 0 saturated heterocycles. The molecule has 0 N–H and O–H groups in total. The fourth-order valence-corrected chi connectivity index (χ4v) is 3.78. The van der Waals surface area contributed by atoms with Crippen LogP contribution in [-0.2, 0) is 13.5 Å². The van der Waals surface area contributed by atoms with Gasteiger partial charge in [0, 0.05) is 37.6 Å². The zero-order valence-corrected chi connectivity index (χ0v) is 15.0. The molecule has 1 saturated carbocycles. The fraction of sp³-hybridized carbons (Fsp3) is 0.588. The molecule has 0 radical (unpaired) electrons. The average Bonchev–Trinajstić information content (AvgIpc) is 3.02. The Morgan fingerprint density at radius 1 is 1.25 bits per heavy atom. The van der Waals surface area contributed by atoms with Crippen molar-refractivity contribution in [3.8, 4) is 0 Å². The Balaban J connectivity index is 1.65. The smallest absolute Gasteiger partial charge is 0.150 e. The molecule has 0 aromatic carbocycles. The molecule has 0 atom stereocenters. The summed E-state index contributed by atoms with van der Waals surface area (Å²) in [5.41, 5.74) is 1.17. The van der Waals surface area contributed by atoms with Crippen LogP contribution in [0.4, 0.5) is 5.69 Å². The van der Waals surface area contributed by atoms with E-state index in [1.807, 2.05) is 19.4 Å². The van der Waals surface area contributed by atoms with Gasteiger partial charge in [0.2, 0.25) is 0 Å². The highest BCUT2D eigenvalue weighted by atomic mass is 32.1. The summed E-state index contributed by atoms with van der Waals surface area (Å²) >= 11 is 5.81. The summed E-state index contributed by atoms with van der Waals surface area (Å²) in [6.07, 6.45) is 12.7. The van der Waals surface area contributed by atoms with Crippen molar-refractivity contribution >= 4 is 22.9 Å². The van der Waals surface area contributed by atoms with E-state index in [0.717, 1.165) is 30.1 Å². The monoisotopic (exact) mass is 344 g/mol. The Morgan fingerprint density at radius 3 is 2.67 bits per heavy atom. The Hall–Kier alpha value is -1.89. The summed E-state index contributed by atoms with van der Waals surface area (Å²) in [5.74, 6) is 0.908. The second kappa shape index (κ2) is 8.28. The molecule has 0 bridgehead atoms. The molecular formula is C17H24N6S. The number of aryl methyl sites for hydroxylation is 2. The van der Waals surface area contributed by atoms with Gasteiger partial charge in [-0.05, 0) is 48.2 Å². The summed E-state index contributed by atoms with van der Waals surface area (Å²) < 4.78 is 1.73. The van der Waals surface area contributed by atoms with E-state index in [0.29, 0.717) is 6.04 Å². The highest BCUT2D eigenvalue weighted by molar-refractivity contribution is 7.80. The van der Waals surface area contributed by atoms with E-state index in [1.165, 1.54) is 37.8 Å². The van der Waals surface area contributed by atoms with Gasteiger partial charge >= 0.3 is 0 Å². The molecule has 7 heteroatoms. The van der Waals surface area contributed by atoms with E-state index in [1.54, 1.807) is 4.68 Å². The van der Waals surface area contributed by atoms with Gasteiger partial charge in [-0.25, -0.2) is 4.68 Å². The zero-order chi connectivity index (χ0) is 16.8. The lowest BCUT2D eigenvalue weighted by Gasteiger charge is -2.36. The quantitative estimate of drug-likeness (QED) is 0.751. The molecule has 2 heterocycles. The molecule has 2 aromatic heterocycles. The number of tetrazole rings is 1. The van der Waals surface area contributed by atoms with Crippen LogP contribution in [0.1, 0.15) is 50.8 Å². The number of thiocarbonyl (C=S) groups is 1. The number of nitrogens with zero attached hydrogens (tertiary/aromatic N) is 6. The van der Waals surface area contributed by atoms with Gasteiger partial charge in [-0.2, -0.15) is 0 Å². The molecule has 1 aliphatic carbocycles. The third kappa shape index (κ3) is 4.14. The molecule has 0 aliphatic heterocycles. The molecule has 0 amide bonds. The summed E-state index contributed by atoms with van der Waals surface area (Å²) in [5, 5.41) is 11.6. The maximum absolute atomic E-state index is 5.81. The maximum Gasteiger partial charge on any atom is 0.150 e. The van der Waals surface area contributed by atoms with Crippen molar-refractivity contribution in [3.05, 3.63) is 30.4 Å². The highest BCUT2D eigenvalue weighted by Gasteiger charge is 2.24. The van der Waals surface area contributed by atoms with Crippen molar-refractivity contribution in [1.82, 2.24) is 25.2 Å². The van der Waals surface area contributed by atoms with Gasteiger partial charge in [-0.1, -0.05) is 31.5 Å². The standard InChI is InChI=1S/C17H24N6S/c1-22-16(19-20-21-22)8-5-9-17(24)23(14-6-3-2-4-7-14)15-10-12-18-13-11-15/h10-14H,2-9H2,1H3. The van der Waals surface area contributed by atoms with Crippen LogP contribution in [0.2, 0.25) is 0 Å². The van der Waals surface area contributed by atoms with E-state index >= 15 is 0 Å². The molecule has 2 aromatic rings. The van der Waals surface area contributed by atoms with Crippen LogP contribution < -0.4 is 4.90 Å². The van der Waals surface area contributed by atoms with Crippen molar-refractivity contribution in [3.63, 3.8) is 0 Å². The van der Waals surface area contributed by atoms with Crippen molar-refractivity contribution in [2.45, 2.75) is 57.4 Å². The first-order valence-corrected chi connectivity index (χ1v) is 9.10. The van der Waals surface area contributed by atoms with Gasteiger partial charge in [0.25, 0.3) is 0 Å². The minimum atomic E-state index is 0.519. The molecule has 128 valence electrons. The van der Waals surface area contributed by atoms with E-state index in [2.05, 4.69) is 37.5 Å². The molecule has 24 heavy (non-hydrogen) atoms. The third-order valence-electron chi connectivity index (χ3n) is 4.65. The second-order valence-corrected chi connectivity index (χ2v) is 6.80. The predicted molar refractivity (Wildman–Crippen MR) is 97.9 cm³/mol. The predicted octanol–water partition coefficient (Wildman–Crippen LogP) is 3.09. The first-order chi connectivity index (χ1) is 11.8. The molecule has 1 aliphatic rings. The highest BCUT2D eigenvalue weighted by Crippen LogP contribution is 2.28. The van der Waals surface area contributed by atoms with Gasteiger partial charge in [0.1, 0.15) is 0 Å². The summed E-state index contributed by atoms with van der Waals surface area (Å²) in [7, 11) is 1.87. The second-order valence-electron chi connectivity index (χ2n) is 6.33. The maximum atomic E-state index is 5.81. The van der Waals surface area contributed by atoms with Crippen molar-refractivity contribution in [2.75, 3.05) is 4.90 Å². The Labute approximate surface area is 148 Å². The first kappa shape index (κ1) is 17.0. The first-order valence-electron chi connectivity index (χ1n) is 8.69. The number of hydrogen-bond acceptors (Lipinski definition) is 5. The van der Waals surface area contributed by atoms with Crippen LogP contribution in [0.5, 0.6) is 0 Å². The Morgan fingerprint density at radius 2 is 2.00 bits per heavy atom. The lowest BCUT2D eigenvalue weighted by Crippen LogP contribution is -2.40. The topological polar surface area (TPSA) is 59.7 Å². The molecule has 6 nitrogen and oxygen atoms in total. The Bertz CT molecular complexity index is 650. The van der Waals surface area contributed by atoms with Gasteiger partial charge in [0.15, 0.2) is 5.82 Å². The van der Waals surface area contributed by atoms with Gasteiger partial charge in [0.05, 0.1) is 4.99 Å².